The molecule has 380 valence electrons. The summed E-state index contributed by atoms with van der Waals surface area (Å²) < 4.78 is 0. The summed E-state index contributed by atoms with van der Waals surface area (Å²) in [5, 5.41) is 44.7. The van der Waals surface area contributed by atoms with Crippen molar-refractivity contribution < 1.29 is 58.6 Å². The SMILES string of the molecule is CCCCCCCCCCCC(=O)N[C@@H](Cc1ccccc1)C(=O)N[C@@H](CS)C(=O)N[C@@H](CCCN=C(N)N)C(=O)N[C@@H](CCC(N)=O)C(=O)N[C@H](C(=O)NC1CCCN(O)C1=O)C(O)C(=O)O. The van der Waals surface area contributed by atoms with Crippen molar-refractivity contribution in [3.8, 4) is 0 Å². The third-order valence-electron chi connectivity index (χ3n) is 11.0. The molecule has 0 spiro atoms. The van der Waals surface area contributed by atoms with E-state index < -0.39 is 103 Å². The van der Waals surface area contributed by atoms with Gasteiger partial charge < -0.3 is 59.3 Å². The maximum atomic E-state index is 14.0. The smallest absolute Gasteiger partial charge is 0.335 e. The van der Waals surface area contributed by atoms with Crippen molar-refractivity contribution in [1.82, 2.24) is 37.0 Å². The van der Waals surface area contributed by atoms with Crippen LogP contribution in [0.4, 0.5) is 0 Å². The zero-order valence-corrected chi connectivity index (χ0v) is 39.6. The third kappa shape index (κ3) is 22.2. The summed E-state index contributed by atoms with van der Waals surface area (Å²) in [5.41, 5.74) is 17.0. The van der Waals surface area contributed by atoms with Gasteiger partial charge >= 0.3 is 5.97 Å². The van der Waals surface area contributed by atoms with E-state index >= 15 is 0 Å². The molecular weight excluding hydrogens is 907 g/mol. The fourth-order valence-electron chi connectivity index (χ4n) is 7.20. The summed E-state index contributed by atoms with van der Waals surface area (Å²) in [6.07, 6.45) is 6.39. The monoisotopic (exact) mass is 978 g/mol. The van der Waals surface area contributed by atoms with Crippen LogP contribution in [-0.2, 0) is 49.6 Å². The number of nitrogens with two attached hydrogens (primary N) is 3. The van der Waals surface area contributed by atoms with Crippen LogP contribution in [0.1, 0.15) is 115 Å². The number of guanidine groups is 1. The number of nitrogens with zero attached hydrogens (tertiary/aromatic N) is 2. The number of amides is 8. The number of carboxylic acid groups (broad SMARTS) is 1. The fourth-order valence-corrected chi connectivity index (χ4v) is 7.46. The molecule has 1 saturated heterocycles. The second-order valence-corrected chi connectivity index (χ2v) is 17.0. The van der Waals surface area contributed by atoms with Gasteiger partial charge in [-0.25, -0.2) is 9.86 Å². The Labute approximate surface area is 401 Å². The first-order valence-electron chi connectivity index (χ1n) is 23.1. The number of aliphatic imine (C=N–C) groups is 1. The number of benzene rings is 1. The van der Waals surface area contributed by atoms with Crippen LogP contribution in [0.2, 0.25) is 0 Å². The number of nitrogens with one attached hydrogen (secondary N) is 6. The minimum absolute atomic E-state index is 0.0123. The van der Waals surface area contributed by atoms with E-state index in [4.69, 9.17) is 17.2 Å². The standard InChI is InChI=1S/C44H71N11O12S/c1-2-3-4-5-6-7-8-9-13-20-34(57)49-31(25-27-16-11-10-12-17-27)39(61)53-32(26-68)40(62)50-28(18-14-23-48-44(46)47)37(59)51-29(21-22-33(45)56)38(60)54-35(36(58)43(65)66)41(63)52-30-19-15-24-55(67)42(30)64/h10-12,16-17,28-32,35-36,58,67-68H,2-9,13-15,18-26H2,1H3,(H2,45,56)(H,49,57)(H,50,62)(H,51,59)(H,52,63)(H,53,61)(H,54,60)(H,65,66)(H4,46,47,48)/t28-,29-,30?,31-,32-,35-,36?/m0/s1. The van der Waals surface area contributed by atoms with Crippen molar-refractivity contribution in [2.75, 3.05) is 18.8 Å². The molecule has 1 fully saturated rings. The van der Waals surface area contributed by atoms with Crippen molar-refractivity contribution in [3.63, 3.8) is 0 Å². The lowest BCUT2D eigenvalue weighted by Crippen LogP contribution is -2.63. The van der Waals surface area contributed by atoms with Gasteiger partial charge in [-0.15, -0.1) is 0 Å². The van der Waals surface area contributed by atoms with Crippen LogP contribution >= 0.6 is 12.6 Å². The van der Waals surface area contributed by atoms with Crippen molar-refractivity contribution in [2.45, 2.75) is 158 Å². The average molecular weight is 978 g/mol. The molecule has 7 atom stereocenters. The molecule has 1 heterocycles. The van der Waals surface area contributed by atoms with Gasteiger partial charge in [0.1, 0.15) is 36.3 Å². The first kappa shape index (κ1) is 58.1. The molecule has 1 aliphatic heterocycles. The highest BCUT2D eigenvalue weighted by Gasteiger charge is 2.39. The van der Waals surface area contributed by atoms with E-state index in [1.54, 1.807) is 30.3 Å². The molecule has 2 rings (SSSR count). The number of piperidine rings is 1. The van der Waals surface area contributed by atoms with Crippen LogP contribution in [-0.4, -0.2) is 141 Å². The molecule has 0 radical (unpaired) electrons. The fraction of sp³-hybridized carbons (Fsp3) is 0.636. The van der Waals surface area contributed by atoms with E-state index in [1.165, 1.54) is 25.7 Å². The highest BCUT2D eigenvalue weighted by Crippen LogP contribution is 2.13. The van der Waals surface area contributed by atoms with Crippen LogP contribution in [0.15, 0.2) is 35.3 Å². The molecular formula is C44H71N11O12S. The molecule has 8 amide bonds. The predicted octanol–water partition coefficient (Wildman–Crippen LogP) is -1.24. The van der Waals surface area contributed by atoms with Crippen LogP contribution in [0.3, 0.4) is 0 Å². The zero-order valence-electron chi connectivity index (χ0n) is 38.7. The number of rotatable bonds is 33. The number of carboxylic acids is 1. The number of carbonyl (C=O) groups excluding carboxylic acids is 8. The minimum Gasteiger partial charge on any atom is -0.479 e. The largest absolute Gasteiger partial charge is 0.479 e. The number of aliphatic carboxylic acids is 1. The molecule has 68 heavy (non-hydrogen) atoms. The molecule has 2 unspecified atom stereocenters. The summed E-state index contributed by atoms with van der Waals surface area (Å²) in [6.45, 7) is 2.13. The van der Waals surface area contributed by atoms with Crippen LogP contribution in [0, 0.1) is 0 Å². The van der Waals surface area contributed by atoms with Gasteiger partial charge in [0.25, 0.3) is 5.91 Å². The molecule has 24 heteroatoms. The predicted molar refractivity (Wildman–Crippen MR) is 252 cm³/mol. The van der Waals surface area contributed by atoms with Crippen molar-refractivity contribution >= 4 is 71.8 Å². The molecule has 23 nitrogen and oxygen atoms in total. The molecule has 0 aliphatic carbocycles. The van der Waals surface area contributed by atoms with Gasteiger partial charge in [-0.2, -0.15) is 12.6 Å². The van der Waals surface area contributed by atoms with Gasteiger partial charge in [0.2, 0.25) is 41.4 Å². The number of thiol groups is 1. The minimum atomic E-state index is -2.58. The Balaban J connectivity index is 2.28. The van der Waals surface area contributed by atoms with E-state index in [9.17, 15) is 58.6 Å². The third-order valence-corrected chi connectivity index (χ3v) is 11.4. The van der Waals surface area contributed by atoms with Gasteiger partial charge in [-0.1, -0.05) is 88.6 Å². The summed E-state index contributed by atoms with van der Waals surface area (Å²) in [7, 11) is 0. The zero-order chi connectivity index (χ0) is 50.6. The Morgan fingerprint density at radius 1 is 0.735 bits per heavy atom. The number of hydrogen-bond donors (Lipinski definition) is 13. The van der Waals surface area contributed by atoms with E-state index in [-0.39, 0.29) is 69.2 Å². The number of hydroxylamine groups is 2. The van der Waals surface area contributed by atoms with Crippen LogP contribution < -0.4 is 49.1 Å². The Morgan fingerprint density at radius 3 is 1.88 bits per heavy atom. The van der Waals surface area contributed by atoms with Crippen molar-refractivity contribution in [1.29, 1.82) is 0 Å². The summed E-state index contributed by atoms with van der Waals surface area (Å²) in [4.78, 5) is 122. The summed E-state index contributed by atoms with van der Waals surface area (Å²) in [6, 6.07) is -0.362. The van der Waals surface area contributed by atoms with E-state index in [0.717, 1.165) is 31.2 Å². The maximum Gasteiger partial charge on any atom is 0.335 e. The van der Waals surface area contributed by atoms with Gasteiger partial charge in [0.15, 0.2) is 12.1 Å². The van der Waals surface area contributed by atoms with E-state index in [1.807, 2.05) is 5.32 Å². The Morgan fingerprint density at radius 2 is 1.29 bits per heavy atom. The Hall–Kier alpha value is -6.01. The molecule has 1 aromatic rings. The van der Waals surface area contributed by atoms with E-state index in [0.29, 0.717) is 11.5 Å². The molecule has 0 bridgehead atoms. The summed E-state index contributed by atoms with van der Waals surface area (Å²) in [5.74, 6) is -9.88. The average Bonchev–Trinajstić information content (AvgIpc) is 3.29. The second kappa shape index (κ2) is 31.9. The highest BCUT2D eigenvalue weighted by molar-refractivity contribution is 7.80. The topological polar surface area (TPSA) is 380 Å². The number of aliphatic hydroxyl groups is 1. The molecule has 1 aliphatic rings. The normalized spacial score (nSPS) is 16.1. The molecule has 0 saturated carbocycles. The highest BCUT2D eigenvalue weighted by atomic mass is 32.1. The van der Waals surface area contributed by atoms with Crippen molar-refractivity contribution in [3.05, 3.63) is 35.9 Å². The lowest BCUT2D eigenvalue weighted by atomic mass is 10.0. The lowest BCUT2D eigenvalue weighted by molar-refractivity contribution is -0.173. The first-order valence-corrected chi connectivity index (χ1v) is 23.7. The number of carbonyl (C=O) groups is 9. The van der Waals surface area contributed by atoms with Gasteiger partial charge in [-0.3, -0.25) is 48.6 Å². The quantitative estimate of drug-likeness (QED) is 0.0129. The molecule has 1 aromatic carbocycles. The lowest BCUT2D eigenvalue weighted by Gasteiger charge is -2.30. The second-order valence-electron chi connectivity index (χ2n) is 16.6. The van der Waals surface area contributed by atoms with Gasteiger partial charge in [0, 0.05) is 38.1 Å². The Kier molecular flexibility index (Phi) is 27.2. The van der Waals surface area contributed by atoms with E-state index in [2.05, 4.69) is 51.1 Å². The number of hydrogen-bond acceptors (Lipinski definition) is 13. The number of primary amides is 1. The number of aliphatic hydroxyl groups excluding tert-OH is 1. The molecule has 0 aromatic heterocycles. The van der Waals surface area contributed by atoms with Gasteiger partial charge in [-0.05, 0) is 44.1 Å². The van der Waals surface area contributed by atoms with Crippen molar-refractivity contribution in [2.24, 2.45) is 22.2 Å². The van der Waals surface area contributed by atoms with Gasteiger partial charge in [0.05, 0.1) is 0 Å². The summed E-state index contributed by atoms with van der Waals surface area (Å²) >= 11 is 4.27. The Bertz CT molecular complexity index is 1860. The first-order chi connectivity index (χ1) is 32.4. The molecule has 15 N–H and O–H groups in total. The van der Waals surface area contributed by atoms with Crippen LogP contribution in [0.25, 0.3) is 0 Å². The van der Waals surface area contributed by atoms with Crippen LogP contribution in [0.5, 0.6) is 0 Å². The maximum absolute atomic E-state index is 14.0. The number of unbranched alkanes of at least 4 members (excludes halogenated alkanes) is 8.